The molecule has 0 amide bonds. The van der Waals surface area contributed by atoms with E-state index in [9.17, 15) is 9.59 Å². The van der Waals surface area contributed by atoms with Gasteiger partial charge in [-0.2, -0.15) is 0 Å². The van der Waals surface area contributed by atoms with Gasteiger partial charge in [0.1, 0.15) is 0 Å². The Morgan fingerprint density at radius 1 is 0.483 bits per heavy atom. The summed E-state index contributed by atoms with van der Waals surface area (Å²) in [4.78, 5) is 30.0. The monoisotopic (exact) mass is 373 g/mol. The Balaban J connectivity index is 1.68. The smallest absolute Gasteiger partial charge is 0.195 e. The van der Waals surface area contributed by atoms with Gasteiger partial charge >= 0.3 is 0 Å². The highest BCUT2D eigenvalue weighted by atomic mass is 16.1. The van der Waals surface area contributed by atoms with Crippen molar-refractivity contribution in [3.05, 3.63) is 107 Å². The predicted molar refractivity (Wildman–Crippen MR) is 115 cm³/mol. The van der Waals surface area contributed by atoms with Crippen molar-refractivity contribution < 1.29 is 9.59 Å². The number of nitrogens with one attached hydrogen (secondary N) is 1. The Morgan fingerprint density at radius 3 is 1.93 bits per heavy atom. The number of rotatable bonds is 1. The summed E-state index contributed by atoms with van der Waals surface area (Å²) in [7, 11) is 0. The molecule has 6 rings (SSSR count). The molecule has 0 spiro atoms. The van der Waals surface area contributed by atoms with E-state index >= 15 is 0 Å². The lowest BCUT2D eigenvalue weighted by atomic mass is 9.80. The number of ketones is 2. The molecule has 0 aliphatic heterocycles. The Hall–Kier alpha value is -3.98. The topological polar surface area (TPSA) is 49.9 Å². The molecular weight excluding hydrogens is 358 g/mol. The van der Waals surface area contributed by atoms with E-state index < -0.39 is 0 Å². The SMILES string of the molecule is O=C1c2ccccc2C(=O)c2c1cccc2-c1cccc2c1[nH]c1ccccc12. The average molecular weight is 373 g/mol. The van der Waals surface area contributed by atoms with Crippen LogP contribution in [0.1, 0.15) is 31.8 Å². The molecule has 0 atom stereocenters. The second-order valence-electron chi connectivity index (χ2n) is 7.33. The fraction of sp³-hybridized carbons (Fsp3) is 0. The summed E-state index contributed by atoms with van der Waals surface area (Å²) >= 11 is 0. The summed E-state index contributed by atoms with van der Waals surface area (Å²) in [5, 5.41) is 2.24. The molecule has 5 aromatic rings. The van der Waals surface area contributed by atoms with Gasteiger partial charge in [0.05, 0.1) is 5.52 Å². The van der Waals surface area contributed by atoms with Crippen LogP contribution in [0.15, 0.2) is 84.9 Å². The molecule has 0 fully saturated rings. The van der Waals surface area contributed by atoms with E-state index in [0.717, 1.165) is 32.9 Å². The third-order valence-electron chi connectivity index (χ3n) is 5.78. The normalized spacial score (nSPS) is 13.0. The molecule has 3 nitrogen and oxygen atoms in total. The van der Waals surface area contributed by atoms with Gasteiger partial charge in [-0.05, 0) is 11.6 Å². The molecule has 1 N–H and O–H groups in total. The van der Waals surface area contributed by atoms with Crippen LogP contribution in [0.4, 0.5) is 0 Å². The number of aromatic amines is 1. The maximum absolute atomic E-state index is 13.4. The van der Waals surface area contributed by atoms with Gasteiger partial charge in [0.25, 0.3) is 0 Å². The average Bonchev–Trinajstić information content (AvgIpc) is 3.16. The van der Waals surface area contributed by atoms with Crippen LogP contribution in [-0.4, -0.2) is 16.6 Å². The van der Waals surface area contributed by atoms with Crippen molar-refractivity contribution in [1.82, 2.24) is 4.98 Å². The first kappa shape index (κ1) is 16.0. The summed E-state index contributed by atoms with van der Waals surface area (Å²) in [6.45, 7) is 0. The molecule has 136 valence electrons. The highest BCUT2D eigenvalue weighted by molar-refractivity contribution is 6.30. The van der Waals surface area contributed by atoms with Crippen LogP contribution in [-0.2, 0) is 0 Å². The number of fused-ring (bicyclic) bond motifs is 5. The summed E-state index contributed by atoms with van der Waals surface area (Å²) < 4.78 is 0. The van der Waals surface area contributed by atoms with Crippen molar-refractivity contribution in [3.8, 4) is 11.1 Å². The number of benzene rings is 4. The van der Waals surface area contributed by atoms with Crippen LogP contribution in [0.2, 0.25) is 0 Å². The van der Waals surface area contributed by atoms with Crippen molar-refractivity contribution in [2.45, 2.75) is 0 Å². The summed E-state index contributed by atoms with van der Waals surface area (Å²) in [6.07, 6.45) is 0. The van der Waals surface area contributed by atoms with Gasteiger partial charge in [-0.25, -0.2) is 0 Å². The summed E-state index contributed by atoms with van der Waals surface area (Å²) in [5.41, 5.74) is 5.64. The van der Waals surface area contributed by atoms with Crippen molar-refractivity contribution in [2.24, 2.45) is 0 Å². The van der Waals surface area contributed by atoms with Gasteiger partial charge in [-0.1, -0.05) is 78.9 Å². The van der Waals surface area contributed by atoms with E-state index in [-0.39, 0.29) is 11.6 Å². The number of carbonyl (C=O) groups is 2. The number of aromatic nitrogens is 1. The molecule has 0 bridgehead atoms. The third kappa shape index (κ3) is 2.13. The second-order valence-corrected chi connectivity index (χ2v) is 7.33. The van der Waals surface area contributed by atoms with Crippen molar-refractivity contribution in [1.29, 1.82) is 0 Å². The van der Waals surface area contributed by atoms with Gasteiger partial charge in [0.15, 0.2) is 11.6 Å². The molecule has 4 aromatic carbocycles. The van der Waals surface area contributed by atoms with Crippen LogP contribution >= 0.6 is 0 Å². The van der Waals surface area contributed by atoms with Gasteiger partial charge in [0.2, 0.25) is 0 Å². The molecule has 3 heteroatoms. The molecule has 0 radical (unpaired) electrons. The van der Waals surface area contributed by atoms with Crippen LogP contribution in [0, 0.1) is 0 Å². The predicted octanol–water partition coefficient (Wildman–Crippen LogP) is 5.76. The van der Waals surface area contributed by atoms with Gasteiger partial charge < -0.3 is 4.98 Å². The molecule has 1 aliphatic rings. The molecule has 1 aliphatic carbocycles. The van der Waals surface area contributed by atoms with E-state index in [0.29, 0.717) is 22.3 Å². The first-order valence-electron chi connectivity index (χ1n) is 9.55. The Labute approximate surface area is 166 Å². The highest BCUT2D eigenvalue weighted by Crippen LogP contribution is 2.38. The highest BCUT2D eigenvalue weighted by Gasteiger charge is 2.31. The van der Waals surface area contributed by atoms with E-state index in [1.165, 1.54) is 0 Å². The van der Waals surface area contributed by atoms with E-state index in [2.05, 4.69) is 17.1 Å². The van der Waals surface area contributed by atoms with Gasteiger partial charge in [-0.15, -0.1) is 0 Å². The zero-order valence-electron chi connectivity index (χ0n) is 15.4. The van der Waals surface area contributed by atoms with Crippen molar-refractivity contribution in [2.75, 3.05) is 0 Å². The van der Waals surface area contributed by atoms with Crippen molar-refractivity contribution in [3.63, 3.8) is 0 Å². The number of H-pyrrole nitrogens is 1. The molecule has 1 heterocycles. The van der Waals surface area contributed by atoms with Crippen LogP contribution in [0.25, 0.3) is 32.9 Å². The first-order chi connectivity index (χ1) is 14.2. The largest absolute Gasteiger partial charge is 0.354 e. The number of hydrogen-bond donors (Lipinski definition) is 1. The molecule has 29 heavy (non-hydrogen) atoms. The summed E-state index contributed by atoms with van der Waals surface area (Å²) in [5.74, 6) is -0.195. The molecular formula is C26H15NO2. The Morgan fingerprint density at radius 2 is 1.07 bits per heavy atom. The Kier molecular flexibility index (Phi) is 3.18. The van der Waals surface area contributed by atoms with E-state index in [1.54, 1.807) is 30.3 Å². The van der Waals surface area contributed by atoms with Crippen LogP contribution < -0.4 is 0 Å². The van der Waals surface area contributed by atoms with E-state index in [4.69, 9.17) is 0 Å². The zero-order chi connectivity index (χ0) is 19.5. The molecule has 0 saturated heterocycles. The fourth-order valence-corrected chi connectivity index (χ4v) is 4.47. The number of hydrogen-bond acceptors (Lipinski definition) is 2. The maximum Gasteiger partial charge on any atom is 0.195 e. The standard InChI is InChI=1S/C26H15NO2/c28-25-19-8-1-2-9-20(19)26(29)23-16(10-5-13-21(23)25)18-12-6-11-17-15-7-3-4-14-22(15)27-24(17)18/h1-14,27H. The summed E-state index contributed by atoms with van der Waals surface area (Å²) in [6, 6.07) is 26.8. The second kappa shape index (κ2) is 5.76. The zero-order valence-corrected chi connectivity index (χ0v) is 15.4. The minimum absolute atomic E-state index is 0.0964. The van der Waals surface area contributed by atoms with Gasteiger partial charge in [-0.3, -0.25) is 9.59 Å². The lowest BCUT2D eigenvalue weighted by Crippen LogP contribution is -2.21. The number of para-hydroxylation sites is 2. The maximum atomic E-state index is 13.4. The minimum Gasteiger partial charge on any atom is -0.354 e. The van der Waals surface area contributed by atoms with Gasteiger partial charge in [0, 0.05) is 44.1 Å². The first-order valence-corrected chi connectivity index (χ1v) is 9.55. The third-order valence-corrected chi connectivity index (χ3v) is 5.78. The minimum atomic E-state index is -0.0982. The number of carbonyl (C=O) groups excluding carboxylic acids is 2. The van der Waals surface area contributed by atoms with Crippen LogP contribution in [0.3, 0.4) is 0 Å². The fourth-order valence-electron chi connectivity index (χ4n) is 4.47. The molecule has 0 unspecified atom stereocenters. The quantitative estimate of drug-likeness (QED) is 0.398. The lowest BCUT2D eigenvalue weighted by molar-refractivity contribution is 0.0979. The van der Waals surface area contributed by atoms with Crippen molar-refractivity contribution >= 4 is 33.4 Å². The lowest BCUT2D eigenvalue weighted by Gasteiger charge is -2.20. The molecule has 0 saturated carbocycles. The van der Waals surface area contributed by atoms with Crippen LogP contribution in [0.5, 0.6) is 0 Å². The Bertz CT molecular complexity index is 1490. The van der Waals surface area contributed by atoms with E-state index in [1.807, 2.05) is 42.5 Å². The molecule has 1 aromatic heterocycles.